The summed E-state index contributed by atoms with van der Waals surface area (Å²) in [7, 11) is 1.77. The van der Waals surface area contributed by atoms with Crippen LogP contribution >= 0.6 is 0 Å². The zero-order valence-corrected chi connectivity index (χ0v) is 10.2. The zero-order chi connectivity index (χ0) is 12.5. The SMILES string of the molecule is CN1C[C@](C)(CO)/C(=C/c2ccccc2)C1=O. The fraction of sp³-hybridized carbons (Fsp3) is 0.357. The van der Waals surface area contributed by atoms with E-state index in [0.29, 0.717) is 12.1 Å². The van der Waals surface area contributed by atoms with Crippen molar-refractivity contribution in [1.82, 2.24) is 4.90 Å². The van der Waals surface area contributed by atoms with E-state index in [-0.39, 0.29) is 12.5 Å². The second kappa shape index (κ2) is 4.34. The van der Waals surface area contributed by atoms with Crippen LogP contribution in [0.4, 0.5) is 0 Å². The molecule has 0 spiro atoms. The summed E-state index contributed by atoms with van der Waals surface area (Å²) in [6.45, 7) is 2.48. The van der Waals surface area contributed by atoms with Gasteiger partial charge in [-0.2, -0.15) is 0 Å². The molecule has 0 saturated carbocycles. The molecule has 1 aromatic carbocycles. The molecule has 17 heavy (non-hydrogen) atoms. The van der Waals surface area contributed by atoms with Crippen LogP contribution in [0.5, 0.6) is 0 Å². The molecule has 1 saturated heterocycles. The van der Waals surface area contributed by atoms with E-state index in [0.717, 1.165) is 5.56 Å². The predicted molar refractivity (Wildman–Crippen MR) is 67.2 cm³/mol. The first kappa shape index (κ1) is 11.9. The molecule has 0 bridgehead atoms. The van der Waals surface area contributed by atoms with Crippen molar-refractivity contribution in [3.05, 3.63) is 41.5 Å². The molecule has 1 N–H and O–H groups in total. The van der Waals surface area contributed by atoms with Gasteiger partial charge in [-0.1, -0.05) is 37.3 Å². The molecular weight excluding hydrogens is 214 g/mol. The van der Waals surface area contributed by atoms with Crippen LogP contribution in [0.25, 0.3) is 6.08 Å². The van der Waals surface area contributed by atoms with E-state index in [9.17, 15) is 9.90 Å². The first-order valence-electron chi connectivity index (χ1n) is 5.70. The first-order chi connectivity index (χ1) is 8.07. The Balaban J connectivity index is 2.42. The molecule has 0 aromatic heterocycles. The van der Waals surface area contributed by atoms with Crippen molar-refractivity contribution >= 4 is 12.0 Å². The number of carbonyl (C=O) groups is 1. The van der Waals surface area contributed by atoms with Gasteiger partial charge in [0.15, 0.2) is 0 Å². The second-order valence-corrected chi connectivity index (χ2v) is 4.85. The summed E-state index contributed by atoms with van der Waals surface area (Å²) in [6.07, 6.45) is 1.88. The maximum atomic E-state index is 12.0. The van der Waals surface area contributed by atoms with Crippen LogP contribution in [0.1, 0.15) is 12.5 Å². The van der Waals surface area contributed by atoms with Crippen molar-refractivity contribution in [2.24, 2.45) is 5.41 Å². The van der Waals surface area contributed by atoms with E-state index in [1.165, 1.54) is 0 Å². The highest BCUT2D eigenvalue weighted by molar-refractivity contribution is 6.01. The van der Waals surface area contributed by atoms with Crippen molar-refractivity contribution in [3.63, 3.8) is 0 Å². The summed E-state index contributed by atoms with van der Waals surface area (Å²) < 4.78 is 0. The Hall–Kier alpha value is -1.61. The molecule has 1 atom stereocenters. The number of hydrogen-bond acceptors (Lipinski definition) is 2. The van der Waals surface area contributed by atoms with Crippen LogP contribution in [0.3, 0.4) is 0 Å². The first-order valence-corrected chi connectivity index (χ1v) is 5.70. The van der Waals surface area contributed by atoms with Gasteiger partial charge in [-0.25, -0.2) is 0 Å². The summed E-state index contributed by atoms with van der Waals surface area (Å²) in [5, 5.41) is 9.49. The van der Waals surface area contributed by atoms with Crippen molar-refractivity contribution in [3.8, 4) is 0 Å². The number of aliphatic hydroxyl groups excluding tert-OH is 1. The third-order valence-electron chi connectivity index (χ3n) is 3.27. The van der Waals surface area contributed by atoms with Crippen LogP contribution in [0, 0.1) is 5.41 Å². The minimum atomic E-state index is -0.457. The molecule has 1 amide bonds. The molecule has 3 heteroatoms. The number of carbonyl (C=O) groups excluding carboxylic acids is 1. The summed E-state index contributed by atoms with van der Waals surface area (Å²) in [5.41, 5.74) is 1.22. The van der Waals surface area contributed by atoms with Gasteiger partial charge in [0.1, 0.15) is 0 Å². The molecule has 1 heterocycles. The van der Waals surface area contributed by atoms with Crippen LogP contribution in [0.2, 0.25) is 0 Å². The highest BCUT2D eigenvalue weighted by Crippen LogP contribution is 2.36. The topological polar surface area (TPSA) is 40.5 Å². The lowest BCUT2D eigenvalue weighted by Gasteiger charge is -2.20. The molecule has 0 aliphatic carbocycles. The average Bonchev–Trinajstić information content (AvgIpc) is 2.55. The number of amides is 1. The lowest BCUT2D eigenvalue weighted by Crippen LogP contribution is -2.26. The van der Waals surface area contributed by atoms with Gasteiger partial charge in [0.25, 0.3) is 0 Å². The molecule has 90 valence electrons. The second-order valence-electron chi connectivity index (χ2n) is 4.85. The highest BCUT2D eigenvalue weighted by atomic mass is 16.3. The summed E-state index contributed by atoms with van der Waals surface area (Å²) in [4.78, 5) is 13.7. The Kier molecular flexibility index (Phi) is 3.03. The van der Waals surface area contributed by atoms with E-state index in [4.69, 9.17) is 0 Å². The van der Waals surface area contributed by atoms with Crippen molar-refractivity contribution in [2.45, 2.75) is 6.92 Å². The lowest BCUT2D eigenvalue weighted by atomic mass is 9.84. The molecule has 0 radical (unpaired) electrons. The summed E-state index contributed by atoms with van der Waals surface area (Å²) in [5.74, 6) is 0.00500. The van der Waals surface area contributed by atoms with Crippen LogP contribution in [-0.2, 0) is 4.79 Å². The van der Waals surface area contributed by atoms with Crippen LogP contribution in [0.15, 0.2) is 35.9 Å². The Bertz CT molecular complexity index is 453. The van der Waals surface area contributed by atoms with Gasteiger partial charge in [0, 0.05) is 24.6 Å². The Morgan fingerprint density at radius 2 is 2.06 bits per heavy atom. The van der Waals surface area contributed by atoms with Gasteiger partial charge in [-0.15, -0.1) is 0 Å². The Morgan fingerprint density at radius 1 is 1.41 bits per heavy atom. The number of hydrogen-bond donors (Lipinski definition) is 1. The standard InChI is InChI=1S/C14H17NO2/c1-14(10-16)9-15(2)13(17)12(14)8-11-6-4-3-5-7-11/h3-8,16H,9-10H2,1-2H3/b12-8+/t14-/m1/s1. The molecule has 3 nitrogen and oxygen atoms in total. The molecule has 2 rings (SSSR count). The van der Waals surface area contributed by atoms with Gasteiger partial charge in [0.05, 0.1) is 6.61 Å². The minimum absolute atomic E-state index is 0.00500. The van der Waals surface area contributed by atoms with Crippen LogP contribution in [-0.4, -0.2) is 36.1 Å². The molecule has 1 aliphatic rings. The van der Waals surface area contributed by atoms with Crippen molar-refractivity contribution in [1.29, 1.82) is 0 Å². The number of nitrogens with zero attached hydrogens (tertiary/aromatic N) is 1. The number of likely N-dealkylation sites (tertiary alicyclic amines) is 1. The van der Waals surface area contributed by atoms with Gasteiger partial charge < -0.3 is 10.0 Å². The largest absolute Gasteiger partial charge is 0.395 e. The van der Waals surface area contributed by atoms with E-state index in [1.54, 1.807) is 11.9 Å². The van der Waals surface area contributed by atoms with E-state index in [1.807, 2.05) is 43.3 Å². The normalized spacial score (nSPS) is 26.9. The summed E-state index contributed by atoms with van der Waals surface area (Å²) >= 11 is 0. The maximum Gasteiger partial charge on any atom is 0.250 e. The Morgan fingerprint density at radius 3 is 2.65 bits per heavy atom. The Labute approximate surface area is 101 Å². The highest BCUT2D eigenvalue weighted by Gasteiger charge is 2.42. The quantitative estimate of drug-likeness (QED) is 0.784. The third-order valence-corrected chi connectivity index (χ3v) is 3.27. The van der Waals surface area contributed by atoms with Gasteiger partial charge >= 0.3 is 0 Å². The van der Waals surface area contributed by atoms with Crippen molar-refractivity contribution in [2.75, 3.05) is 20.2 Å². The van der Waals surface area contributed by atoms with E-state index in [2.05, 4.69) is 0 Å². The zero-order valence-electron chi connectivity index (χ0n) is 10.2. The number of aliphatic hydroxyl groups is 1. The summed E-state index contributed by atoms with van der Waals surface area (Å²) in [6, 6.07) is 9.72. The minimum Gasteiger partial charge on any atom is -0.395 e. The molecule has 1 aliphatic heterocycles. The molecule has 0 unspecified atom stereocenters. The smallest absolute Gasteiger partial charge is 0.250 e. The van der Waals surface area contributed by atoms with Gasteiger partial charge in [0.2, 0.25) is 5.91 Å². The van der Waals surface area contributed by atoms with Crippen molar-refractivity contribution < 1.29 is 9.90 Å². The maximum absolute atomic E-state index is 12.0. The average molecular weight is 231 g/mol. The molecule has 1 aromatic rings. The fourth-order valence-electron chi connectivity index (χ4n) is 2.23. The molecule has 1 fully saturated rings. The number of rotatable bonds is 2. The predicted octanol–water partition coefficient (Wildman–Crippen LogP) is 1.54. The fourth-order valence-corrected chi connectivity index (χ4v) is 2.23. The molecular formula is C14H17NO2. The van der Waals surface area contributed by atoms with Gasteiger partial charge in [-0.05, 0) is 11.6 Å². The van der Waals surface area contributed by atoms with Crippen LogP contribution < -0.4 is 0 Å². The van der Waals surface area contributed by atoms with E-state index < -0.39 is 5.41 Å². The van der Waals surface area contributed by atoms with E-state index >= 15 is 0 Å². The monoisotopic (exact) mass is 231 g/mol. The third kappa shape index (κ3) is 2.11. The lowest BCUT2D eigenvalue weighted by molar-refractivity contribution is -0.123. The number of likely N-dealkylation sites (N-methyl/N-ethyl adjacent to an activating group) is 1. The van der Waals surface area contributed by atoms with Gasteiger partial charge in [-0.3, -0.25) is 4.79 Å². The number of benzene rings is 1.